The standard InChI is InChI=1S/C19H19N3O3S3/c23-18(7-4-13-26-16-5-2-1-3-6-16)21-15-8-10-17(11-9-15)28(24,25)22-19-20-12-14-27-19/h1-3,5-6,8-12,14H,4,7,13H2,(H,20,22)(H,21,23). The van der Waals surface area contributed by atoms with Gasteiger partial charge in [-0.3, -0.25) is 9.52 Å². The van der Waals surface area contributed by atoms with Crippen LogP contribution in [0.25, 0.3) is 0 Å². The molecule has 2 aromatic carbocycles. The van der Waals surface area contributed by atoms with Crippen LogP contribution in [0.1, 0.15) is 12.8 Å². The lowest BCUT2D eigenvalue weighted by Gasteiger charge is -2.08. The van der Waals surface area contributed by atoms with E-state index in [4.69, 9.17) is 0 Å². The Morgan fingerprint density at radius 3 is 2.50 bits per heavy atom. The summed E-state index contributed by atoms with van der Waals surface area (Å²) in [7, 11) is -3.69. The van der Waals surface area contributed by atoms with Crippen molar-refractivity contribution in [3.8, 4) is 0 Å². The van der Waals surface area contributed by atoms with Gasteiger partial charge in [-0.15, -0.1) is 23.1 Å². The second kappa shape index (κ2) is 9.72. The summed E-state index contributed by atoms with van der Waals surface area (Å²) in [5.41, 5.74) is 0.564. The van der Waals surface area contributed by atoms with E-state index in [0.29, 0.717) is 17.2 Å². The molecule has 9 heteroatoms. The molecule has 6 nitrogen and oxygen atoms in total. The fraction of sp³-hybridized carbons (Fsp3) is 0.158. The number of carbonyl (C=O) groups is 1. The second-order valence-electron chi connectivity index (χ2n) is 5.78. The van der Waals surface area contributed by atoms with Crippen molar-refractivity contribution in [3.05, 3.63) is 66.2 Å². The normalized spacial score (nSPS) is 11.1. The van der Waals surface area contributed by atoms with Crippen molar-refractivity contribution in [2.75, 3.05) is 15.8 Å². The van der Waals surface area contributed by atoms with Gasteiger partial charge in [-0.25, -0.2) is 13.4 Å². The quantitative estimate of drug-likeness (QED) is 0.384. The number of aromatic nitrogens is 1. The molecule has 0 radical (unpaired) electrons. The van der Waals surface area contributed by atoms with Crippen LogP contribution in [0.5, 0.6) is 0 Å². The predicted molar refractivity (Wildman–Crippen MR) is 114 cm³/mol. The van der Waals surface area contributed by atoms with E-state index in [2.05, 4.69) is 15.0 Å². The van der Waals surface area contributed by atoms with Gasteiger partial charge in [-0.05, 0) is 48.6 Å². The van der Waals surface area contributed by atoms with E-state index in [0.717, 1.165) is 12.2 Å². The molecular formula is C19H19N3O3S3. The Bertz CT molecular complexity index is 990. The number of rotatable bonds is 9. The van der Waals surface area contributed by atoms with E-state index in [1.54, 1.807) is 29.3 Å². The molecule has 0 fully saturated rings. The summed E-state index contributed by atoms with van der Waals surface area (Å²) < 4.78 is 27.0. The van der Waals surface area contributed by atoms with Crippen LogP contribution in [0.4, 0.5) is 10.8 Å². The topological polar surface area (TPSA) is 88.2 Å². The highest BCUT2D eigenvalue weighted by Crippen LogP contribution is 2.20. The highest BCUT2D eigenvalue weighted by atomic mass is 32.2. The molecule has 1 amide bonds. The molecule has 28 heavy (non-hydrogen) atoms. The van der Waals surface area contributed by atoms with Gasteiger partial charge in [-0.1, -0.05) is 18.2 Å². The molecular weight excluding hydrogens is 414 g/mol. The highest BCUT2D eigenvalue weighted by molar-refractivity contribution is 7.99. The lowest BCUT2D eigenvalue weighted by atomic mass is 10.3. The molecule has 0 unspecified atom stereocenters. The molecule has 0 bridgehead atoms. The van der Waals surface area contributed by atoms with E-state index < -0.39 is 10.0 Å². The molecule has 0 atom stereocenters. The van der Waals surface area contributed by atoms with Gasteiger partial charge in [0.1, 0.15) is 0 Å². The number of thioether (sulfide) groups is 1. The fourth-order valence-corrected chi connectivity index (χ4v) is 4.99. The van der Waals surface area contributed by atoms with Crippen LogP contribution in [-0.2, 0) is 14.8 Å². The summed E-state index contributed by atoms with van der Waals surface area (Å²) in [4.78, 5) is 17.3. The first-order valence-corrected chi connectivity index (χ1v) is 11.9. The molecule has 3 aromatic rings. The Labute approximate surface area is 172 Å². The molecule has 1 aromatic heterocycles. The number of thiazole rings is 1. The lowest BCUT2D eigenvalue weighted by molar-refractivity contribution is -0.116. The molecule has 0 saturated heterocycles. The maximum absolute atomic E-state index is 12.3. The number of nitrogens with zero attached hydrogens (tertiary/aromatic N) is 1. The first-order chi connectivity index (χ1) is 13.5. The van der Waals surface area contributed by atoms with Crippen LogP contribution in [0.3, 0.4) is 0 Å². The van der Waals surface area contributed by atoms with Crippen molar-refractivity contribution in [1.29, 1.82) is 0 Å². The molecule has 1 heterocycles. The molecule has 146 valence electrons. The smallest absolute Gasteiger partial charge is 0.263 e. The third kappa shape index (κ3) is 6.08. The van der Waals surface area contributed by atoms with Crippen molar-refractivity contribution in [3.63, 3.8) is 0 Å². The average molecular weight is 434 g/mol. The van der Waals surface area contributed by atoms with Gasteiger partial charge < -0.3 is 5.32 Å². The van der Waals surface area contributed by atoms with Gasteiger partial charge in [0.25, 0.3) is 10.0 Å². The maximum atomic E-state index is 12.3. The molecule has 0 aliphatic carbocycles. The Morgan fingerprint density at radius 1 is 1.07 bits per heavy atom. The largest absolute Gasteiger partial charge is 0.326 e. The van der Waals surface area contributed by atoms with Gasteiger partial charge in [0.05, 0.1) is 4.90 Å². The predicted octanol–water partition coefficient (Wildman–Crippen LogP) is 4.45. The monoisotopic (exact) mass is 433 g/mol. The highest BCUT2D eigenvalue weighted by Gasteiger charge is 2.15. The number of nitrogens with one attached hydrogen (secondary N) is 2. The third-order valence-electron chi connectivity index (χ3n) is 3.66. The Balaban J connectivity index is 1.46. The summed E-state index contributed by atoms with van der Waals surface area (Å²) in [6, 6.07) is 16.1. The SMILES string of the molecule is O=C(CCCSc1ccccc1)Nc1ccc(S(=O)(=O)Nc2nccs2)cc1. The minimum absolute atomic E-state index is 0.0924. The van der Waals surface area contributed by atoms with Crippen molar-refractivity contribution in [2.24, 2.45) is 0 Å². The first-order valence-electron chi connectivity index (χ1n) is 8.53. The van der Waals surface area contributed by atoms with Gasteiger partial charge in [-0.2, -0.15) is 0 Å². The van der Waals surface area contributed by atoms with E-state index in [-0.39, 0.29) is 10.8 Å². The van der Waals surface area contributed by atoms with Crippen LogP contribution in [-0.4, -0.2) is 25.1 Å². The second-order valence-corrected chi connectivity index (χ2v) is 9.53. The van der Waals surface area contributed by atoms with Crippen molar-refractivity contribution >= 4 is 49.8 Å². The molecule has 0 aliphatic heterocycles. The molecule has 2 N–H and O–H groups in total. The number of amides is 1. The molecule has 0 aliphatic rings. The van der Waals surface area contributed by atoms with Crippen LogP contribution in [0, 0.1) is 0 Å². The summed E-state index contributed by atoms with van der Waals surface area (Å²) in [6.07, 6.45) is 2.70. The van der Waals surface area contributed by atoms with Crippen LogP contribution in [0.2, 0.25) is 0 Å². The average Bonchev–Trinajstić information content (AvgIpc) is 3.19. The van der Waals surface area contributed by atoms with Crippen LogP contribution in [0.15, 0.2) is 76.0 Å². The number of hydrogen-bond acceptors (Lipinski definition) is 6. The van der Waals surface area contributed by atoms with E-state index >= 15 is 0 Å². The number of hydrogen-bond donors (Lipinski definition) is 2. The molecule has 0 saturated carbocycles. The van der Waals surface area contributed by atoms with E-state index in [1.165, 1.54) is 34.6 Å². The summed E-state index contributed by atoms with van der Waals surface area (Å²) in [5, 5.41) is 4.79. The Hall–Kier alpha value is -2.36. The van der Waals surface area contributed by atoms with Gasteiger partial charge in [0.2, 0.25) is 5.91 Å². The number of sulfonamides is 1. The zero-order chi connectivity index (χ0) is 19.8. The van der Waals surface area contributed by atoms with Gasteiger partial charge in [0, 0.05) is 28.6 Å². The summed E-state index contributed by atoms with van der Waals surface area (Å²) in [6.45, 7) is 0. The van der Waals surface area contributed by atoms with E-state index in [9.17, 15) is 13.2 Å². The van der Waals surface area contributed by atoms with Crippen LogP contribution >= 0.6 is 23.1 Å². The lowest BCUT2D eigenvalue weighted by Crippen LogP contribution is -2.14. The van der Waals surface area contributed by atoms with Crippen molar-refractivity contribution in [1.82, 2.24) is 4.98 Å². The maximum Gasteiger partial charge on any atom is 0.263 e. The minimum atomic E-state index is -3.69. The Morgan fingerprint density at radius 2 is 1.82 bits per heavy atom. The van der Waals surface area contributed by atoms with E-state index in [1.807, 2.05) is 30.3 Å². The fourth-order valence-electron chi connectivity index (χ4n) is 2.33. The zero-order valence-corrected chi connectivity index (χ0v) is 17.3. The van der Waals surface area contributed by atoms with Gasteiger partial charge in [0.15, 0.2) is 5.13 Å². The minimum Gasteiger partial charge on any atom is -0.326 e. The van der Waals surface area contributed by atoms with Gasteiger partial charge >= 0.3 is 0 Å². The number of benzene rings is 2. The third-order valence-corrected chi connectivity index (χ3v) is 6.93. The summed E-state index contributed by atoms with van der Waals surface area (Å²) >= 11 is 2.92. The van der Waals surface area contributed by atoms with Crippen LogP contribution < -0.4 is 10.0 Å². The number of carbonyl (C=O) groups excluding carboxylic acids is 1. The first kappa shape index (κ1) is 20.4. The summed E-state index contributed by atoms with van der Waals surface area (Å²) in [5.74, 6) is 0.766. The molecule has 0 spiro atoms. The van der Waals surface area contributed by atoms with Crippen molar-refractivity contribution in [2.45, 2.75) is 22.6 Å². The number of anilines is 2. The Kier molecular flexibility index (Phi) is 7.07. The zero-order valence-electron chi connectivity index (χ0n) is 14.9. The molecule has 3 rings (SSSR count). The van der Waals surface area contributed by atoms with Crippen molar-refractivity contribution < 1.29 is 13.2 Å².